The summed E-state index contributed by atoms with van der Waals surface area (Å²) in [6, 6.07) is 5.38. The van der Waals surface area contributed by atoms with Crippen molar-refractivity contribution in [3.63, 3.8) is 0 Å². The maximum absolute atomic E-state index is 13.7. The standard InChI is InChI=1S/C14H22FNO2S/c1-4-10-16-13(5-2)11(3)19(17,18)14-9-7-6-8-12(14)15/h6-9,11,13,16H,4-5,10H2,1-3H3. The zero-order valence-electron chi connectivity index (χ0n) is 11.7. The van der Waals surface area contributed by atoms with Gasteiger partial charge in [0.2, 0.25) is 0 Å². The van der Waals surface area contributed by atoms with Gasteiger partial charge in [-0.1, -0.05) is 26.0 Å². The van der Waals surface area contributed by atoms with Crippen molar-refractivity contribution in [2.24, 2.45) is 0 Å². The molecule has 0 bridgehead atoms. The van der Waals surface area contributed by atoms with Crippen LogP contribution in [0.1, 0.15) is 33.6 Å². The van der Waals surface area contributed by atoms with Crippen molar-refractivity contribution in [1.82, 2.24) is 5.32 Å². The summed E-state index contributed by atoms with van der Waals surface area (Å²) in [5.41, 5.74) is 0. The zero-order valence-corrected chi connectivity index (χ0v) is 12.5. The van der Waals surface area contributed by atoms with E-state index in [0.717, 1.165) is 13.0 Å². The molecule has 0 amide bonds. The van der Waals surface area contributed by atoms with Crippen LogP contribution < -0.4 is 5.32 Å². The summed E-state index contributed by atoms with van der Waals surface area (Å²) in [4.78, 5) is -0.209. The third-order valence-corrected chi connectivity index (χ3v) is 5.55. The molecule has 2 unspecified atom stereocenters. The zero-order chi connectivity index (χ0) is 14.5. The Bertz CT molecular complexity index is 502. The lowest BCUT2D eigenvalue weighted by Crippen LogP contribution is -2.42. The van der Waals surface area contributed by atoms with E-state index in [-0.39, 0.29) is 10.9 Å². The van der Waals surface area contributed by atoms with Gasteiger partial charge in [-0.25, -0.2) is 12.8 Å². The Hall–Kier alpha value is -0.940. The van der Waals surface area contributed by atoms with Gasteiger partial charge in [-0.3, -0.25) is 0 Å². The molecule has 108 valence electrons. The van der Waals surface area contributed by atoms with Gasteiger partial charge in [-0.2, -0.15) is 0 Å². The van der Waals surface area contributed by atoms with Crippen molar-refractivity contribution in [3.8, 4) is 0 Å². The average molecular weight is 287 g/mol. The maximum atomic E-state index is 13.7. The van der Waals surface area contributed by atoms with Crippen LogP contribution in [0.3, 0.4) is 0 Å². The van der Waals surface area contributed by atoms with Crippen LogP contribution in [0.4, 0.5) is 4.39 Å². The molecule has 0 aliphatic heterocycles. The van der Waals surface area contributed by atoms with E-state index in [1.165, 1.54) is 18.2 Å². The highest BCUT2D eigenvalue weighted by Gasteiger charge is 2.31. The van der Waals surface area contributed by atoms with E-state index < -0.39 is 20.9 Å². The van der Waals surface area contributed by atoms with Crippen molar-refractivity contribution in [3.05, 3.63) is 30.1 Å². The number of sulfone groups is 1. The second-order valence-corrected chi connectivity index (χ2v) is 6.92. The fourth-order valence-corrected chi connectivity index (χ4v) is 3.79. The minimum atomic E-state index is -3.65. The molecule has 1 aromatic carbocycles. The molecular formula is C14H22FNO2S. The molecule has 0 saturated heterocycles. The number of hydrogen-bond acceptors (Lipinski definition) is 3. The van der Waals surface area contributed by atoms with Gasteiger partial charge in [0.15, 0.2) is 9.84 Å². The Kier molecular flexibility index (Phi) is 5.94. The maximum Gasteiger partial charge on any atom is 0.185 e. The summed E-state index contributed by atoms with van der Waals surface area (Å²) in [5, 5.41) is 2.56. The molecule has 5 heteroatoms. The second-order valence-electron chi connectivity index (χ2n) is 4.65. The van der Waals surface area contributed by atoms with Gasteiger partial charge in [-0.05, 0) is 38.4 Å². The number of halogens is 1. The van der Waals surface area contributed by atoms with Crippen molar-refractivity contribution in [1.29, 1.82) is 0 Å². The third-order valence-electron chi connectivity index (χ3n) is 3.30. The molecule has 2 atom stereocenters. The molecule has 3 nitrogen and oxygen atoms in total. The molecule has 0 aromatic heterocycles. The first kappa shape index (κ1) is 16.1. The summed E-state index contributed by atoms with van der Waals surface area (Å²) in [7, 11) is -3.65. The summed E-state index contributed by atoms with van der Waals surface area (Å²) < 4.78 is 38.5. The lowest BCUT2D eigenvalue weighted by molar-refractivity contribution is 0.469. The van der Waals surface area contributed by atoms with Crippen molar-refractivity contribution >= 4 is 9.84 Å². The van der Waals surface area contributed by atoms with Gasteiger partial charge in [0.05, 0.1) is 5.25 Å². The van der Waals surface area contributed by atoms with E-state index in [1.807, 2.05) is 13.8 Å². The third kappa shape index (κ3) is 3.76. The molecule has 0 radical (unpaired) electrons. The molecular weight excluding hydrogens is 265 g/mol. The van der Waals surface area contributed by atoms with Crippen LogP contribution >= 0.6 is 0 Å². The fraction of sp³-hybridized carbons (Fsp3) is 0.571. The molecule has 0 heterocycles. The molecule has 0 aliphatic carbocycles. The molecule has 19 heavy (non-hydrogen) atoms. The lowest BCUT2D eigenvalue weighted by atomic mass is 10.1. The minimum Gasteiger partial charge on any atom is -0.313 e. The van der Waals surface area contributed by atoms with Crippen LogP contribution in [-0.2, 0) is 9.84 Å². The van der Waals surface area contributed by atoms with Crippen molar-refractivity contribution < 1.29 is 12.8 Å². The number of rotatable bonds is 7. The first-order valence-electron chi connectivity index (χ1n) is 6.66. The Morgan fingerprint density at radius 3 is 2.42 bits per heavy atom. The molecule has 0 fully saturated rings. The van der Waals surface area contributed by atoms with Gasteiger partial charge >= 0.3 is 0 Å². The van der Waals surface area contributed by atoms with Gasteiger partial charge < -0.3 is 5.32 Å². The van der Waals surface area contributed by atoms with Crippen LogP contribution in [0.2, 0.25) is 0 Å². The summed E-state index contributed by atoms with van der Waals surface area (Å²) in [6.07, 6.45) is 1.62. The topological polar surface area (TPSA) is 46.2 Å². The van der Waals surface area contributed by atoms with E-state index >= 15 is 0 Å². The Morgan fingerprint density at radius 2 is 1.89 bits per heavy atom. The first-order chi connectivity index (χ1) is 8.95. The summed E-state index contributed by atoms with van der Waals surface area (Å²) in [6.45, 7) is 6.35. The van der Waals surface area contributed by atoms with Gasteiger partial charge in [0.25, 0.3) is 0 Å². The van der Waals surface area contributed by atoms with Crippen LogP contribution in [0.15, 0.2) is 29.2 Å². The van der Waals surface area contributed by atoms with Gasteiger partial charge in [0, 0.05) is 6.04 Å². The molecule has 0 aliphatic rings. The number of nitrogens with one attached hydrogen (secondary N) is 1. The van der Waals surface area contributed by atoms with E-state index in [0.29, 0.717) is 6.42 Å². The van der Waals surface area contributed by atoms with E-state index in [1.54, 1.807) is 13.0 Å². The van der Waals surface area contributed by atoms with Gasteiger partial charge in [-0.15, -0.1) is 0 Å². The van der Waals surface area contributed by atoms with Crippen LogP contribution in [0.5, 0.6) is 0 Å². The quantitative estimate of drug-likeness (QED) is 0.839. The molecule has 0 saturated carbocycles. The highest BCUT2D eigenvalue weighted by molar-refractivity contribution is 7.92. The highest BCUT2D eigenvalue weighted by atomic mass is 32.2. The molecule has 0 spiro atoms. The Labute approximate surface area is 115 Å². The predicted octanol–water partition coefficient (Wildman–Crippen LogP) is 2.77. The van der Waals surface area contributed by atoms with Crippen LogP contribution in [0.25, 0.3) is 0 Å². The SMILES string of the molecule is CCCNC(CC)C(C)S(=O)(=O)c1ccccc1F. The number of hydrogen-bond donors (Lipinski definition) is 1. The second kappa shape index (κ2) is 7.01. The molecule has 1 aromatic rings. The van der Waals surface area contributed by atoms with Crippen LogP contribution in [0, 0.1) is 5.82 Å². The Balaban J connectivity index is 3.02. The Morgan fingerprint density at radius 1 is 1.26 bits per heavy atom. The predicted molar refractivity (Wildman–Crippen MR) is 75.4 cm³/mol. The van der Waals surface area contributed by atoms with E-state index in [2.05, 4.69) is 5.32 Å². The van der Waals surface area contributed by atoms with E-state index in [9.17, 15) is 12.8 Å². The summed E-state index contributed by atoms with van der Waals surface area (Å²) in [5.74, 6) is -0.681. The fourth-order valence-electron chi connectivity index (χ4n) is 2.06. The normalized spacial score (nSPS) is 15.2. The van der Waals surface area contributed by atoms with Crippen LogP contribution in [-0.4, -0.2) is 26.3 Å². The van der Waals surface area contributed by atoms with Crippen molar-refractivity contribution in [2.75, 3.05) is 6.54 Å². The van der Waals surface area contributed by atoms with Crippen molar-refractivity contribution in [2.45, 2.75) is 49.8 Å². The largest absolute Gasteiger partial charge is 0.313 e. The smallest absolute Gasteiger partial charge is 0.185 e. The minimum absolute atomic E-state index is 0.162. The monoisotopic (exact) mass is 287 g/mol. The highest BCUT2D eigenvalue weighted by Crippen LogP contribution is 2.22. The first-order valence-corrected chi connectivity index (χ1v) is 8.21. The molecule has 1 N–H and O–H groups in total. The van der Waals surface area contributed by atoms with Gasteiger partial charge in [0.1, 0.15) is 10.7 Å². The summed E-state index contributed by atoms with van der Waals surface area (Å²) >= 11 is 0. The lowest BCUT2D eigenvalue weighted by Gasteiger charge is -2.24. The molecule has 1 rings (SSSR count). The van der Waals surface area contributed by atoms with E-state index in [4.69, 9.17) is 0 Å². The number of benzene rings is 1. The average Bonchev–Trinajstić information content (AvgIpc) is 2.39.